The molecule has 1 atom stereocenters. The zero-order chi connectivity index (χ0) is 24.8. The summed E-state index contributed by atoms with van der Waals surface area (Å²) in [4.78, 5) is 17.3. The lowest BCUT2D eigenvalue weighted by molar-refractivity contribution is -0.122. The zero-order valence-corrected chi connectivity index (χ0v) is 20.7. The predicted octanol–water partition coefficient (Wildman–Crippen LogP) is 4.49. The summed E-state index contributed by atoms with van der Waals surface area (Å²) in [6, 6.07) is 21.0. The first-order valence-corrected chi connectivity index (χ1v) is 13.4. The molecule has 2 aromatic heterocycles. The van der Waals surface area contributed by atoms with E-state index in [-0.39, 0.29) is 0 Å². The molecule has 0 fully saturated rings. The highest BCUT2D eigenvalue weighted by Crippen LogP contribution is 2.23. The number of benzene rings is 2. The molecule has 1 amide bonds. The number of nitrogens with one attached hydrogen (secondary N) is 1. The van der Waals surface area contributed by atoms with Crippen molar-refractivity contribution in [2.45, 2.75) is 38.6 Å². The molecule has 2 aromatic carbocycles. The summed E-state index contributed by atoms with van der Waals surface area (Å²) in [7, 11) is -3.63. The number of aromatic nitrogens is 2. The number of carbonyl (C=O) groups excluding carboxylic acids is 1. The van der Waals surface area contributed by atoms with Crippen molar-refractivity contribution in [3.8, 4) is 11.5 Å². The van der Waals surface area contributed by atoms with Crippen LogP contribution in [-0.2, 0) is 34.1 Å². The minimum absolute atomic E-state index is 0.386. The average Bonchev–Trinajstić information content (AvgIpc) is 3.48. The van der Waals surface area contributed by atoms with Gasteiger partial charge in [-0.3, -0.25) is 9.52 Å². The van der Waals surface area contributed by atoms with Gasteiger partial charge in [0.1, 0.15) is 11.8 Å². The van der Waals surface area contributed by atoms with Crippen LogP contribution in [-0.4, -0.2) is 30.1 Å². The lowest BCUT2D eigenvalue weighted by Crippen LogP contribution is -2.36. The van der Waals surface area contributed by atoms with E-state index in [2.05, 4.69) is 21.8 Å². The number of hydrogen-bond donors (Lipinski definition) is 1. The normalized spacial score (nSPS) is 12.4. The molecule has 2 heterocycles. The second kappa shape index (κ2) is 10.7. The molecule has 0 saturated carbocycles. The molecule has 0 aliphatic heterocycles. The Balaban J connectivity index is 1.36. The Kier molecular flexibility index (Phi) is 7.51. The summed E-state index contributed by atoms with van der Waals surface area (Å²) in [5.41, 5.74) is 4.10. The van der Waals surface area contributed by atoms with Gasteiger partial charge >= 0.3 is 0 Å². The Labute approximate surface area is 205 Å². The van der Waals surface area contributed by atoms with E-state index < -0.39 is 22.0 Å². The van der Waals surface area contributed by atoms with Gasteiger partial charge in [0, 0.05) is 24.4 Å². The van der Waals surface area contributed by atoms with Crippen molar-refractivity contribution in [2.75, 3.05) is 6.26 Å². The maximum absolute atomic E-state index is 12.6. The van der Waals surface area contributed by atoms with Gasteiger partial charge in [-0.25, -0.2) is 13.4 Å². The molecule has 182 valence electrons. The van der Waals surface area contributed by atoms with Crippen LogP contribution in [0.3, 0.4) is 0 Å². The van der Waals surface area contributed by atoms with Gasteiger partial charge in [-0.05, 0) is 61.6 Å². The molecule has 0 aliphatic carbocycles. The first-order chi connectivity index (χ1) is 16.8. The van der Waals surface area contributed by atoms with Gasteiger partial charge in [-0.1, -0.05) is 42.5 Å². The van der Waals surface area contributed by atoms with Gasteiger partial charge in [0.05, 0.1) is 11.9 Å². The molecule has 4 rings (SSSR count). The van der Waals surface area contributed by atoms with E-state index in [0.717, 1.165) is 48.1 Å². The minimum atomic E-state index is -3.63. The summed E-state index contributed by atoms with van der Waals surface area (Å²) in [5.74, 6) is 0.952. The van der Waals surface area contributed by atoms with Gasteiger partial charge < -0.3 is 8.98 Å². The molecule has 0 spiro atoms. The number of sulfonamides is 1. The van der Waals surface area contributed by atoms with E-state index in [1.165, 1.54) is 5.56 Å². The van der Waals surface area contributed by atoms with Gasteiger partial charge in [-0.2, -0.15) is 0 Å². The summed E-state index contributed by atoms with van der Waals surface area (Å²) < 4.78 is 32.8. The molecule has 7 nitrogen and oxygen atoms in total. The van der Waals surface area contributed by atoms with Gasteiger partial charge in [-0.15, -0.1) is 0 Å². The van der Waals surface area contributed by atoms with Crippen LogP contribution in [0.2, 0.25) is 0 Å². The molecule has 8 heteroatoms. The first kappa shape index (κ1) is 24.5. The fourth-order valence-electron chi connectivity index (χ4n) is 4.03. The number of aryl methyl sites for hydroxylation is 3. The Bertz CT molecular complexity index is 1360. The molecule has 4 aromatic rings. The molecule has 1 N–H and O–H groups in total. The standard InChI is InChI=1S/C27H29N3O4S/c1-20-24(28-27(34-20)23-10-4-3-5-11-23)12-8-9-21-13-15-22(16-14-21)19-25(30-17-6-7-18-30)26(31)29-35(2,32)33/h3-7,10-11,13-18,25H,8-9,12,19H2,1-2H3,(H,29,31)/t25-/m0/s1. The second-order valence-corrected chi connectivity index (χ2v) is 10.4. The number of rotatable bonds is 10. The summed E-state index contributed by atoms with van der Waals surface area (Å²) in [5, 5.41) is 0. The van der Waals surface area contributed by atoms with Crippen LogP contribution in [0.25, 0.3) is 11.5 Å². The highest BCUT2D eigenvalue weighted by Gasteiger charge is 2.23. The van der Waals surface area contributed by atoms with Crippen LogP contribution < -0.4 is 4.72 Å². The third-order valence-electron chi connectivity index (χ3n) is 5.82. The third-order valence-corrected chi connectivity index (χ3v) is 6.39. The zero-order valence-electron chi connectivity index (χ0n) is 19.8. The smallest absolute Gasteiger partial charge is 0.256 e. The number of carbonyl (C=O) groups is 1. The molecule has 0 unspecified atom stereocenters. The van der Waals surface area contributed by atoms with Crippen LogP contribution in [0, 0.1) is 6.92 Å². The highest BCUT2D eigenvalue weighted by atomic mass is 32.2. The van der Waals surface area contributed by atoms with E-state index in [1.54, 1.807) is 17.0 Å². The SMILES string of the molecule is Cc1oc(-c2ccccc2)nc1CCCc1ccc(C[C@@H](C(=O)NS(C)(=O)=O)n2cccc2)cc1. The molecular weight excluding hydrogens is 462 g/mol. The predicted molar refractivity (Wildman–Crippen MR) is 135 cm³/mol. The fraction of sp³-hybridized carbons (Fsp3) is 0.259. The van der Waals surface area contributed by atoms with E-state index >= 15 is 0 Å². The third kappa shape index (κ3) is 6.70. The van der Waals surface area contributed by atoms with Crippen molar-refractivity contribution in [3.05, 3.63) is 102 Å². The van der Waals surface area contributed by atoms with E-state index in [0.29, 0.717) is 12.3 Å². The van der Waals surface area contributed by atoms with Crippen LogP contribution in [0.5, 0.6) is 0 Å². The molecule has 0 aliphatic rings. The maximum atomic E-state index is 12.6. The van der Waals surface area contributed by atoms with Crippen molar-refractivity contribution >= 4 is 15.9 Å². The quantitative estimate of drug-likeness (QED) is 0.353. The topological polar surface area (TPSA) is 94.2 Å². The van der Waals surface area contributed by atoms with Crippen LogP contribution in [0.4, 0.5) is 0 Å². The van der Waals surface area contributed by atoms with Crippen LogP contribution >= 0.6 is 0 Å². The molecule has 0 saturated heterocycles. The van der Waals surface area contributed by atoms with Crippen molar-refractivity contribution in [2.24, 2.45) is 0 Å². The van der Waals surface area contributed by atoms with Crippen molar-refractivity contribution in [1.29, 1.82) is 0 Å². The lowest BCUT2D eigenvalue weighted by Gasteiger charge is -2.18. The number of oxazole rings is 1. The summed E-state index contributed by atoms with van der Waals surface area (Å²) >= 11 is 0. The first-order valence-electron chi connectivity index (χ1n) is 11.5. The minimum Gasteiger partial charge on any atom is -0.441 e. The van der Waals surface area contributed by atoms with Gasteiger partial charge in [0.2, 0.25) is 15.9 Å². The Morgan fingerprint density at radius 2 is 1.63 bits per heavy atom. The van der Waals surface area contributed by atoms with Crippen LogP contribution in [0.1, 0.15) is 35.0 Å². The van der Waals surface area contributed by atoms with E-state index in [1.807, 2.05) is 61.5 Å². The maximum Gasteiger partial charge on any atom is 0.256 e. The second-order valence-electron chi connectivity index (χ2n) is 8.65. The van der Waals surface area contributed by atoms with E-state index in [4.69, 9.17) is 4.42 Å². The fourth-order valence-corrected chi connectivity index (χ4v) is 4.53. The van der Waals surface area contributed by atoms with Gasteiger partial charge in [0.15, 0.2) is 0 Å². The largest absolute Gasteiger partial charge is 0.441 e. The Morgan fingerprint density at radius 3 is 2.29 bits per heavy atom. The van der Waals surface area contributed by atoms with Gasteiger partial charge in [0.25, 0.3) is 5.91 Å². The summed E-state index contributed by atoms with van der Waals surface area (Å²) in [6.45, 7) is 1.95. The molecule has 0 radical (unpaired) electrons. The number of hydrogen-bond acceptors (Lipinski definition) is 5. The Hall–Kier alpha value is -3.65. The van der Waals surface area contributed by atoms with Crippen molar-refractivity contribution in [3.63, 3.8) is 0 Å². The number of amides is 1. The number of nitrogens with zero attached hydrogens (tertiary/aromatic N) is 2. The van der Waals surface area contributed by atoms with E-state index in [9.17, 15) is 13.2 Å². The highest BCUT2D eigenvalue weighted by molar-refractivity contribution is 7.89. The monoisotopic (exact) mass is 491 g/mol. The molecule has 35 heavy (non-hydrogen) atoms. The Morgan fingerprint density at radius 1 is 0.971 bits per heavy atom. The average molecular weight is 492 g/mol. The van der Waals surface area contributed by atoms with Crippen molar-refractivity contribution < 1.29 is 17.6 Å². The molecule has 0 bridgehead atoms. The van der Waals surface area contributed by atoms with Crippen LogP contribution in [0.15, 0.2) is 83.5 Å². The lowest BCUT2D eigenvalue weighted by atomic mass is 10.0. The van der Waals surface area contributed by atoms with Crippen molar-refractivity contribution in [1.82, 2.24) is 14.3 Å². The summed E-state index contributed by atoms with van der Waals surface area (Å²) in [6.07, 6.45) is 7.54. The molecular formula is C27H29N3O4S.